The number of piperidine rings is 1. The third-order valence-corrected chi connectivity index (χ3v) is 4.80. The van der Waals surface area contributed by atoms with Gasteiger partial charge in [0, 0.05) is 4.88 Å². The van der Waals surface area contributed by atoms with E-state index >= 15 is 0 Å². The van der Waals surface area contributed by atoms with Crippen molar-refractivity contribution in [2.45, 2.75) is 38.3 Å². The quantitative estimate of drug-likeness (QED) is 0.900. The average Bonchev–Trinajstić information content (AvgIpc) is 2.73. The van der Waals surface area contributed by atoms with E-state index in [9.17, 15) is 4.79 Å². The molecule has 3 nitrogen and oxygen atoms in total. The molecule has 1 amide bonds. The molecule has 1 fully saturated rings. The Morgan fingerprint density at radius 1 is 1.59 bits per heavy atom. The molecule has 0 radical (unpaired) electrons. The molecule has 1 aromatic heterocycles. The van der Waals surface area contributed by atoms with E-state index in [1.54, 1.807) is 11.3 Å². The summed E-state index contributed by atoms with van der Waals surface area (Å²) >= 11 is 5.08. The molecule has 2 heterocycles. The van der Waals surface area contributed by atoms with Crippen LogP contribution in [0.25, 0.3) is 0 Å². The number of carbonyl (C=O) groups is 1. The number of nitrogens with one attached hydrogen (secondary N) is 2. The van der Waals surface area contributed by atoms with Crippen LogP contribution in [-0.4, -0.2) is 18.0 Å². The zero-order valence-electron chi connectivity index (χ0n) is 9.88. The van der Waals surface area contributed by atoms with E-state index in [0.717, 1.165) is 23.2 Å². The first-order valence-electron chi connectivity index (χ1n) is 5.88. The maximum atomic E-state index is 12.1. The number of carbonyl (C=O) groups excluding carboxylic acids is 1. The predicted molar refractivity (Wildman–Crippen MR) is 74.1 cm³/mol. The molecule has 0 bridgehead atoms. The van der Waals surface area contributed by atoms with Gasteiger partial charge < -0.3 is 10.6 Å². The van der Waals surface area contributed by atoms with Crippen LogP contribution in [0.4, 0.5) is 0 Å². The lowest BCUT2D eigenvalue weighted by molar-refractivity contribution is -0.128. The number of hydrogen-bond donors (Lipinski definition) is 2. The van der Waals surface area contributed by atoms with E-state index in [0.29, 0.717) is 6.54 Å². The van der Waals surface area contributed by atoms with Gasteiger partial charge in [-0.3, -0.25) is 4.79 Å². The molecular formula is C12H17BrN2OS. The highest BCUT2D eigenvalue weighted by Crippen LogP contribution is 2.23. The number of amides is 1. The van der Waals surface area contributed by atoms with Crippen LogP contribution in [0.5, 0.6) is 0 Å². The molecule has 1 aliphatic heterocycles. The maximum absolute atomic E-state index is 12.1. The molecule has 0 aliphatic carbocycles. The van der Waals surface area contributed by atoms with Gasteiger partial charge in [0.15, 0.2) is 0 Å². The summed E-state index contributed by atoms with van der Waals surface area (Å²) in [4.78, 5) is 13.3. The van der Waals surface area contributed by atoms with Gasteiger partial charge in [0.2, 0.25) is 5.91 Å². The van der Waals surface area contributed by atoms with Crippen molar-refractivity contribution in [1.29, 1.82) is 0 Å². The van der Waals surface area contributed by atoms with E-state index in [1.807, 2.05) is 19.1 Å². The molecule has 5 heteroatoms. The summed E-state index contributed by atoms with van der Waals surface area (Å²) in [5.41, 5.74) is -0.382. The lowest BCUT2D eigenvalue weighted by Crippen LogP contribution is -2.56. The lowest BCUT2D eigenvalue weighted by Gasteiger charge is -2.33. The summed E-state index contributed by atoms with van der Waals surface area (Å²) in [6.45, 7) is 3.55. The standard InChI is InChI=1S/C12H17BrN2OS/c1-12(6-2-3-7-15-12)11(16)14-8-9-4-5-10(13)17-9/h4-5,15H,2-3,6-8H2,1H3,(H,14,16). The van der Waals surface area contributed by atoms with Gasteiger partial charge in [-0.15, -0.1) is 11.3 Å². The third-order valence-electron chi connectivity index (χ3n) is 3.17. The van der Waals surface area contributed by atoms with Gasteiger partial charge in [0.05, 0.1) is 15.9 Å². The highest BCUT2D eigenvalue weighted by atomic mass is 79.9. The van der Waals surface area contributed by atoms with Crippen LogP contribution >= 0.6 is 27.3 Å². The first-order chi connectivity index (χ1) is 8.10. The van der Waals surface area contributed by atoms with Crippen molar-refractivity contribution in [2.24, 2.45) is 0 Å². The molecule has 1 unspecified atom stereocenters. The van der Waals surface area contributed by atoms with Gasteiger partial charge >= 0.3 is 0 Å². The van der Waals surface area contributed by atoms with Crippen molar-refractivity contribution in [3.8, 4) is 0 Å². The molecule has 94 valence electrons. The van der Waals surface area contributed by atoms with Gasteiger partial charge in [-0.05, 0) is 60.8 Å². The molecule has 0 spiro atoms. The molecule has 2 rings (SSSR count). The monoisotopic (exact) mass is 316 g/mol. The molecule has 1 aromatic rings. The molecular weight excluding hydrogens is 300 g/mol. The van der Waals surface area contributed by atoms with Gasteiger partial charge in [-0.1, -0.05) is 0 Å². The molecule has 0 saturated carbocycles. The number of halogens is 1. The SMILES string of the molecule is CC1(C(=O)NCc2ccc(Br)s2)CCCCN1. The molecule has 17 heavy (non-hydrogen) atoms. The molecule has 1 saturated heterocycles. The fourth-order valence-electron chi connectivity index (χ4n) is 2.06. The fourth-order valence-corrected chi connectivity index (χ4v) is 3.48. The number of rotatable bonds is 3. The first-order valence-corrected chi connectivity index (χ1v) is 7.49. The zero-order chi connectivity index (χ0) is 12.3. The van der Waals surface area contributed by atoms with Crippen LogP contribution in [0, 0.1) is 0 Å². The van der Waals surface area contributed by atoms with E-state index < -0.39 is 0 Å². The Hall–Kier alpha value is -0.390. The summed E-state index contributed by atoms with van der Waals surface area (Å²) in [6, 6.07) is 4.04. The third kappa shape index (κ3) is 3.30. The van der Waals surface area contributed by atoms with Crippen molar-refractivity contribution in [3.05, 3.63) is 20.8 Å². The second kappa shape index (κ2) is 5.50. The van der Waals surface area contributed by atoms with E-state index in [-0.39, 0.29) is 11.4 Å². The van der Waals surface area contributed by atoms with Crippen LogP contribution in [0.15, 0.2) is 15.9 Å². The summed E-state index contributed by atoms with van der Waals surface area (Å²) < 4.78 is 1.10. The lowest BCUT2D eigenvalue weighted by atomic mass is 9.90. The molecule has 2 N–H and O–H groups in total. The van der Waals surface area contributed by atoms with Crippen molar-refractivity contribution in [2.75, 3.05) is 6.54 Å². The normalized spacial score (nSPS) is 24.6. The molecule has 0 aromatic carbocycles. The maximum Gasteiger partial charge on any atom is 0.240 e. The Morgan fingerprint density at radius 2 is 2.41 bits per heavy atom. The summed E-state index contributed by atoms with van der Waals surface area (Å²) in [6.07, 6.45) is 3.22. The highest BCUT2D eigenvalue weighted by molar-refractivity contribution is 9.11. The van der Waals surface area contributed by atoms with Crippen molar-refractivity contribution in [1.82, 2.24) is 10.6 Å². The van der Waals surface area contributed by atoms with Crippen LogP contribution in [0.3, 0.4) is 0 Å². The minimum absolute atomic E-state index is 0.113. The Balaban J connectivity index is 1.88. The minimum atomic E-state index is -0.382. The van der Waals surface area contributed by atoms with E-state index in [4.69, 9.17) is 0 Å². The summed E-state index contributed by atoms with van der Waals surface area (Å²) in [7, 11) is 0. The van der Waals surface area contributed by atoms with Crippen molar-refractivity contribution < 1.29 is 4.79 Å². The van der Waals surface area contributed by atoms with E-state index in [2.05, 4.69) is 26.6 Å². The number of hydrogen-bond acceptors (Lipinski definition) is 3. The van der Waals surface area contributed by atoms with Crippen molar-refractivity contribution >= 4 is 33.2 Å². The van der Waals surface area contributed by atoms with Gasteiger partial charge in [0.1, 0.15) is 0 Å². The Kier molecular flexibility index (Phi) is 4.22. The topological polar surface area (TPSA) is 41.1 Å². The van der Waals surface area contributed by atoms with Crippen molar-refractivity contribution in [3.63, 3.8) is 0 Å². The first kappa shape index (κ1) is 13.1. The van der Waals surface area contributed by atoms with Gasteiger partial charge in [-0.2, -0.15) is 0 Å². The van der Waals surface area contributed by atoms with Crippen LogP contribution in [0.1, 0.15) is 31.1 Å². The Labute approximate surface area is 114 Å². The van der Waals surface area contributed by atoms with E-state index in [1.165, 1.54) is 11.3 Å². The second-order valence-corrected chi connectivity index (χ2v) is 7.15. The Bertz CT molecular complexity index is 399. The Morgan fingerprint density at radius 3 is 3.00 bits per heavy atom. The molecule has 1 atom stereocenters. The predicted octanol–water partition coefficient (Wildman–Crippen LogP) is 2.66. The summed E-state index contributed by atoms with van der Waals surface area (Å²) in [5, 5.41) is 6.33. The number of thiophene rings is 1. The fraction of sp³-hybridized carbons (Fsp3) is 0.583. The molecule has 1 aliphatic rings. The largest absolute Gasteiger partial charge is 0.350 e. The van der Waals surface area contributed by atoms with Crippen LogP contribution in [-0.2, 0) is 11.3 Å². The smallest absolute Gasteiger partial charge is 0.240 e. The zero-order valence-corrected chi connectivity index (χ0v) is 12.3. The average molecular weight is 317 g/mol. The van der Waals surface area contributed by atoms with Gasteiger partial charge in [0.25, 0.3) is 0 Å². The van der Waals surface area contributed by atoms with Crippen LogP contribution < -0.4 is 10.6 Å². The van der Waals surface area contributed by atoms with Gasteiger partial charge in [-0.25, -0.2) is 0 Å². The minimum Gasteiger partial charge on any atom is -0.350 e. The highest BCUT2D eigenvalue weighted by Gasteiger charge is 2.33. The second-order valence-electron chi connectivity index (χ2n) is 4.60. The van der Waals surface area contributed by atoms with Crippen LogP contribution in [0.2, 0.25) is 0 Å². The summed E-state index contributed by atoms with van der Waals surface area (Å²) in [5.74, 6) is 0.113.